The molecular weight excluding hydrogens is 502 g/mol. The number of benzene rings is 1. The number of Topliss-reactive ketones (excluding diaryl/α,β-unsaturated/α-hetero) is 1. The number of carbonyl (C=O) groups is 6. The third-order valence-electron chi connectivity index (χ3n) is 6.47. The number of ketones is 1. The second-order valence-electron chi connectivity index (χ2n) is 10.9. The van der Waals surface area contributed by atoms with Gasteiger partial charge in [-0.3, -0.25) is 28.8 Å². The van der Waals surface area contributed by atoms with Gasteiger partial charge in [0.1, 0.15) is 12.1 Å². The smallest absolute Gasteiger partial charge is 0.289 e. The average molecular weight is 544 g/mol. The van der Waals surface area contributed by atoms with Gasteiger partial charge in [0.15, 0.2) is 0 Å². The minimum atomic E-state index is -1.25. The van der Waals surface area contributed by atoms with E-state index in [9.17, 15) is 28.8 Å². The Balaban J connectivity index is 2.11. The molecule has 214 valence electrons. The Morgan fingerprint density at radius 1 is 0.974 bits per heavy atom. The molecule has 39 heavy (non-hydrogen) atoms. The number of hydrogen-bond acceptors (Lipinski definition) is 6. The summed E-state index contributed by atoms with van der Waals surface area (Å²) < 4.78 is 0. The van der Waals surface area contributed by atoms with Gasteiger partial charge >= 0.3 is 0 Å². The maximum Gasteiger partial charge on any atom is 0.289 e. The highest BCUT2D eigenvalue weighted by Crippen LogP contribution is 2.17. The highest BCUT2D eigenvalue weighted by Gasteiger charge is 2.35. The van der Waals surface area contributed by atoms with E-state index in [0.717, 1.165) is 5.56 Å². The monoisotopic (exact) mass is 543 g/mol. The lowest BCUT2D eigenvalue weighted by atomic mass is 9.94. The van der Waals surface area contributed by atoms with Crippen LogP contribution in [-0.4, -0.2) is 60.0 Å². The summed E-state index contributed by atoms with van der Waals surface area (Å²) >= 11 is 0. The van der Waals surface area contributed by atoms with Crippen LogP contribution >= 0.6 is 0 Å². The Morgan fingerprint density at radius 2 is 1.62 bits per heavy atom. The molecule has 0 unspecified atom stereocenters. The Hall–Kier alpha value is -3.76. The van der Waals surface area contributed by atoms with Gasteiger partial charge in [-0.1, -0.05) is 64.4 Å². The first-order chi connectivity index (χ1) is 18.3. The normalized spacial score (nSPS) is 17.3. The van der Waals surface area contributed by atoms with E-state index in [1.54, 1.807) is 32.9 Å². The van der Waals surface area contributed by atoms with Crippen LogP contribution in [0.5, 0.6) is 0 Å². The summed E-state index contributed by atoms with van der Waals surface area (Å²) in [5.74, 6) is -4.04. The van der Waals surface area contributed by atoms with Crippen LogP contribution < -0.4 is 26.6 Å². The fourth-order valence-corrected chi connectivity index (χ4v) is 4.01. The molecule has 5 N–H and O–H groups in total. The molecule has 1 aliphatic heterocycles. The van der Waals surface area contributed by atoms with Crippen LogP contribution in [0.3, 0.4) is 0 Å². The van der Waals surface area contributed by atoms with Crippen molar-refractivity contribution < 1.29 is 28.8 Å². The first-order valence-corrected chi connectivity index (χ1v) is 13.4. The zero-order chi connectivity index (χ0) is 29.2. The molecule has 11 heteroatoms. The lowest BCUT2D eigenvalue weighted by molar-refractivity contribution is -0.141. The van der Waals surface area contributed by atoms with Crippen molar-refractivity contribution >= 4 is 35.3 Å². The molecule has 1 aliphatic rings. The van der Waals surface area contributed by atoms with Gasteiger partial charge in [0.25, 0.3) is 5.91 Å². The molecule has 5 amide bonds. The molecule has 1 saturated heterocycles. The minimum absolute atomic E-state index is 0.0417. The molecule has 0 saturated carbocycles. The Bertz CT molecular complexity index is 1050. The molecule has 0 radical (unpaired) electrons. The Labute approximate surface area is 229 Å². The molecule has 4 atom stereocenters. The van der Waals surface area contributed by atoms with E-state index in [1.807, 2.05) is 25.1 Å². The third-order valence-corrected chi connectivity index (χ3v) is 6.47. The molecule has 1 fully saturated rings. The zero-order valence-electron chi connectivity index (χ0n) is 23.4. The summed E-state index contributed by atoms with van der Waals surface area (Å²) in [4.78, 5) is 76.3. The van der Waals surface area contributed by atoms with Crippen molar-refractivity contribution in [1.82, 2.24) is 26.6 Å². The van der Waals surface area contributed by atoms with Crippen LogP contribution in [0, 0.1) is 11.3 Å². The summed E-state index contributed by atoms with van der Waals surface area (Å²) in [6.45, 7) is 9.09. The Morgan fingerprint density at radius 3 is 2.18 bits per heavy atom. The average Bonchev–Trinajstić information content (AvgIpc) is 3.29. The van der Waals surface area contributed by atoms with Crippen molar-refractivity contribution in [2.75, 3.05) is 6.54 Å². The van der Waals surface area contributed by atoms with Crippen molar-refractivity contribution in [3.05, 3.63) is 35.9 Å². The molecule has 0 aromatic heterocycles. The van der Waals surface area contributed by atoms with E-state index in [2.05, 4.69) is 26.6 Å². The first kappa shape index (κ1) is 31.5. The van der Waals surface area contributed by atoms with Crippen LogP contribution in [-0.2, 0) is 35.3 Å². The summed E-state index contributed by atoms with van der Waals surface area (Å²) in [6, 6.07) is 5.90. The lowest BCUT2D eigenvalue weighted by Crippen LogP contribution is -2.57. The van der Waals surface area contributed by atoms with E-state index >= 15 is 0 Å². The highest BCUT2D eigenvalue weighted by atomic mass is 16.2. The van der Waals surface area contributed by atoms with Crippen LogP contribution in [0.1, 0.15) is 65.9 Å². The van der Waals surface area contributed by atoms with Gasteiger partial charge in [-0.15, -0.1) is 0 Å². The van der Waals surface area contributed by atoms with Crippen LogP contribution in [0.4, 0.5) is 0 Å². The molecule has 1 aromatic carbocycles. The van der Waals surface area contributed by atoms with E-state index < -0.39 is 53.0 Å². The number of nitrogens with one attached hydrogen (secondary N) is 5. The number of rotatable bonds is 13. The predicted molar refractivity (Wildman–Crippen MR) is 145 cm³/mol. The molecule has 0 aliphatic carbocycles. The van der Waals surface area contributed by atoms with Gasteiger partial charge in [-0.25, -0.2) is 0 Å². The second kappa shape index (κ2) is 14.4. The predicted octanol–water partition coefficient (Wildman–Crippen LogP) is 0.719. The highest BCUT2D eigenvalue weighted by molar-refractivity contribution is 6.38. The van der Waals surface area contributed by atoms with E-state index in [0.29, 0.717) is 19.4 Å². The maximum atomic E-state index is 13.2. The van der Waals surface area contributed by atoms with E-state index in [1.165, 1.54) is 6.92 Å². The van der Waals surface area contributed by atoms with Gasteiger partial charge in [0.2, 0.25) is 29.4 Å². The van der Waals surface area contributed by atoms with Gasteiger partial charge in [0, 0.05) is 24.4 Å². The number of amides is 5. The fourth-order valence-electron chi connectivity index (χ4n) is 4.01. The summed E-state index contributed by atoms with van der Waals surface area (Å²) in [7, 11) is 0. The van der Waals surface area contributed by atoms with Crippen molar-refractivity contribution in [3.8, 4) is 0 Å². The van der Waals surface area contributed by atoms with Crippen molar-refractivity contribution in [3.63, 3.8) is 0 Å². The van der Waals surface area contributed by atoms with E-state index in [-0.39, 0.29) is 31.2 Å². The van der Waals surface area contributed by atoms with Gasteiger partial charge in [-0.05, 0) is 31.7 Å². The second-order valence-corrected chi connectivity index (χ2v) is 10.9. The molecule has 1 aromatic rings. The molecule has 0 spiro atoms. The van der Waals surface area contributed by atoms with E-state index in [4.69, 9.17) is 0 Å². The van der Waals surface area contributed by atoms with Gasteiger partial charge in [-0.2, -0.15) is 0 Å². The zero-order valence-corrected chi connectivity index (χ0v) is 23.4. The van der Waals surface area contributed by atoms with Crippen LogP contribution in [0.2, 0.25) is 0 Å². The van der Waals surface area contributed by atoms with Gasteiger partial charge in [0.05, 0.1) is 6.04 Å². The standard InChI is InChI=1S/C28H41N5O6/c1-6-10-20(32-23(35)17(2)31-27(39)28(3,4)5)25(37)33-21(15-19-13-14-29-24(19)36)22(34)26(38)30-16-18-11-8-7-9-12-18/h7-9,11-12,17,19-21H,6,10,13-16H2,1-5H3,(H,29,36)(H,30,38)(H,31,39)(H,32,35)(H,33,37)/t17-,19+,20+,21+/m1/s1. The largest absolute Gasteiger partial charge is 0.356 e. The van der Waals surface area contributed by atoms with Crippen molar-refractivity contribution in [2.24, 2.45) is 11.3 Å². The number of carbonyl (C=O) groups excluding carboxylic acids is 6. The van der Waals surface area contributed by atoms with Crippen molar-refractivity contribution in [1.29, 1.82) is 0 Å². The number of hydrogen-bond donors (Lipinski definition) is 5. The minimum Gasteiger partial charge on any atom is -0.356 e. The molecule has 1 heterocycles. The third kappa shape index (κ3) is 9.81. The Kier molecular flexibility index (Phi) is 11.6. The van der Waals surface area contributed by atoms with Gasteiger partial charge < -0.3 is 26.6 Å². The summed E-state index contributed by atoms with van der Waals surface area (Å²) in [5, 5.41) is 13.1. The molecule has 0 bridgehead atoms. The topological polar surface area (TPSA) is 163 Å². The van der Waals surface area contributed by atoms with Crippen LogP contribution in [0.25, 0.3) is 0 Å². The SMILES string of the molecule is CCC[C@H](NC(=O)[C@@H](C)NC(=O)C(C)(C)C)C(=O)N[C@@H](C[C@@H]1CCNC1=O)C(=O)C(=O)NCc1ccccc1. The summed E-state index contributed by atoms with van der Waals surface area (Å²) in [6.07, 6.45) is 1.25. The fraction of sp³-hybridized carbons (Fsp3) is 0.571. The quantitative estimate of drug-likeness (QED) is 0.230. The lowest BCUT2D eigenvalue weighted by Gasteiger charge is -2.26. The van der Waals surface area contributed by atoms with Crippen molar-refractivity contribution in [2.45, 2.75) is 85.0 Å². The molecule has 11 nitrogen and oxygen atoms in total. The summed E-state index contributed by atoms with van der Waals surface area (Å²) in [5.41, 5.74) is 0.100. The maximum absolute atomic E-state index is 13.2. The molecular formula is C28H41N5O6. The molecule has 2 rings (SSSR count). The van der Waals surface area contributed by atoms with Crippen LogP contribution in [0.15, 0.2) is 30.3 Å². The first-order valence-electron chi connectivity index (χ1n) is 13.4.